The second-order valence-electron chi connectivity index (χ2n) is 5.06. The Morgan fingerprint density at radius 1 is 1.45 bits per heavy atom. The van der Waals surface area contributed by atoms with Crippen LogP contribution >= 0.6 is 11.3 Å². The number of thiazole rings is 1. The molecule has 20 heavy (non-hydrogen) atoms. The Labute approximate surface area is 123 Å². The Kier molecular flexibility index (Phi) is 4.88. The Morgan fingerprint density at radius 2 is 2.15 bits per heavy atom. The van der Waals surface area contributed by atoms with E-state index >= 15 is 0 Å². The van der Waals surface area contributed by atoms with Crippen LogP contribution < -0.4 is 5.32 Å². The van der Waals surface area contributed by atoms with Crippen LogP contribution in [0.5, 0.6) is 0 Å². The summed E-state index contributed by atoms with van der Waals surface area (Å²) < 4.78 is 0. The van der Waals surface area contributed by atoms with Crippen LogP contribution in [0.25, 0.3) is 0 Å². The molecule has 0 aliphatic carbocycles. The number of carbonyl (C=O) groups excluding carboxylic acids is 2. The van der Waals surface area contributed by atoms with Gasteiger partial charge in [0.25, 0.3) is 0 Å². The quantitative estimate of drug-likeness (QED) is 0.814. The van der Waals surface area contributed by atoms with Crippen molar-refractivity contribution < 1.29 is 9.59 Å². The minimum Gasteiger partial charge on any atom is -0.300 e. The zero-order valence-electron chi connectivity index (χ0n) is 12.2. The molecule has 5 nitrogen and oxygen atoms in total. The number of nitrogens with one attached hydrogen (secondary N) is 1. The molecule has 1 saturated heterocycles. The first-order valence-electron chi connectivity index (χ1n) is 7.07. The molecule has 0 radical (unpaired) electrons. The highest BCUT2D eigenvalue weighted by molar-refractivity contribution is 7.11. The van der Waals surface area contributed by atoms with Gasteiger partial charge in [0, 0.05) is 23.7 Å². The zero-order chi connectivity index (χ0) is 14.7. The summed E-state index contributed by atoms with van der Waals surface area (Å²) in [5.41, 5.74) is 0. The highest BCUT2D eigenvalue weighted by atomic mass is 32.1. The lowest BCUT2D eigenvalue weighted by molar-refractivity contribution is -0.141. The number of rotatable bonds is 6. The lowest BCUT2D eigenvalue weighted by atomic mass is 10.1. The van der Waals surface area contributed by atoms with E-state index in [9.17, 15) is 9.59 Å². The fourth-order valence-electron chi connectivity index (χ4n) is 2.56. The van der Waals surface area contributed by atoms with Crippen LogP contribution in [0.3, 0.4) is 0 Å². The van der Waals surface area contributed by atoms with E-state index in [2.05, 4.69) is 10.3 Å². The van der Waals surface area contributed by atoms with Gasteiger partial charge in [-0.25, -0.2) is 4.98 Å². The van der Waals surface area contributed by atoms with E-state index in [1.165, 1.54) is 4.90 Å². The van der Waals surface area contributed by atoms with E-state index in [-0.39, 0.29) is 30.3 Å². The molecule has 2 heterocycles. The number of aromatic nitrogens is 1. The Hall–Kier alpha value is -1.27. The monoisotopic (exact) mass is 295 g/mol. The van der Waals surface area contributed by atoms with Gasteiger partial charge in [0.05, 0.1) is 17.5 Å². The molecule has 1 aromatic rings. The maximum absolute atomic E-state index is 12.3. The first-order chi connectivity index (χ1) is 9.56. The summed E-state index contributed by atoms with van der Waals surface area (Å²) in [6, 6.07) is -0.349. The van der Waals surface area contributed by atoms with E-state index < -0.39 is 0 Å². The Bertz CT molecular complexity index is 496. The van der Waals surface area contributed by atoms with Crippen molar-refractivity contribution in [2.24, 2.45) is 0 Å². The largest absolute Gasteiger partial charge is 0.300 e. The molecule has 1 fully saturated rings. The number of hydrogen-bond donors (Lipinski definition) is 1. The molecule has 1 aliphatic rings. The van der Waals surface area contributed by atoms with Crippen LogP contribution in [0.2, 0.25) is 0 Å². The second-order valence-corrected chi connectivity index (χ2v) is 6.37. The van der Waals surface area contributed by atoms with Gasteiger partial charge in [0.15, 0.2) is 0 Å². The molecule has 0 aromatic carbocycles. The molecule has 0 bridgehead atoms. The summed E-state index contributed by atoms with van der Waals surface area (Å²) in [7, 11) is 0. The average molecular weight is 295 g/mol. The van der Waals surface area contributed by atoms with Crippen molar-refractivity contribution in [1.82, 2.24) is 15.2 Å². The third-order valence-electron chi connectivity index (χ3n) is 3.68. The highest BCUT2D eigenvalue weighted by Crippen LogP contribution is 2.21. The van der Waals surface area contributed by atoms with Crippen LogP contribution in [0.1, 0.15) is 43.0 Å². The maximum atomic E-state index is 12.3. The molecule has 1 aromatic heterocycles. The summed E-state index contributed by atoms with van der Waals surface area (Å²) in [6.45, 7) is 6.56. The van der Waals surface area contributed by atoms with Crippen molar-refractivity contribution in [3.05, 3.63) is 16.1 Å². The van der Waals surface area contributed by atoms with E-state index in [4.69, 9.17) is 0 Å². The topological polar surface area (TPSA) is 62.3 Å². The van der Waals surface area contributed by atoms with Crippen molar-refractivity contribution in [1.29, 1.82) is 0 Å². The summed E-state index contributed by atoms with van der Waals surface area (Å²) in [4.78, 5) is 31.1. The Morgan fingerprint density at radius 3 is 2.70 bits per heavy atom. The van der Waals surface area contributed by atoms with Gasteiger partial charge >= 0.3 is 0 Å². The van der Waals surface area contributed by atoms with Crippen LogP contribution in [0.15, 0.2) is 6.20 Å². The minimum absolute atomic E-state index is 0.0347. The molecule has 6 heteroatoms. The molecule has 0 spiro atoms. The smallest absolute Gasteiger partial charge is 0.247 e. The molecule has 1 N–H and O–H groups in total. The van der Waals surface area contributed by atoms with Gasteiger partial charge in [0.1, 0.15) is 0 Å². The summed E-state index contributed by atoms with van der Waals surface area (Å²) in [6.07, 6.45) is 3.71. The molecule has 0 saturated carbocycles. The third-order valence-corrected chi connectivity index (χ3v) is 4.60. The summed E-state index contributed by atoms with van der Waals surface area (Å²) >= 11 is 1.61. The predicted octanol–water partition coefficient (Wildman–Crippen LogP) is 1.86. The SMILES string of the molecule is CCC(CC)N1C(=O)CC(NCc2cnc(C)s2)C1=O. The Balaban J connectivity index is 1.97. The number of hydrogen-bond acceptors (Lipinski definition) is 5. The standard InChI is InChI=1S/C14H21N3O2S/c1-4-10(5-2)17-13(18)6-12(14(17)19)16-8-11-7-15-9(3)20-11/h7,10,12,16H,4-6,8H2,1-3H3. The van der Waals surface area contributed by atoms with E-state index in [0.29, 0.717) is 6.54 Å². The van der Waals surface area contributed by atoms with Crippen molar-refractivity contribution >= 4 is 23.2 Å². The molecule has 110 valence electrons. The van der Waals surface area contributed by atoms with Crippen LogP contribution in [-0.4, -0.2) is 33.8 Å². The van der Waals surface area contributed by atoms with Crippen LogP contribution in [0.4, 0.5) is 0 Å². The first-order valence-corrected chi connectivity index (χ1v) is 7.89. The van der Waals surface area contributed by atoms with Gasteiger partial charge in [-0.3, -0.25) is 14.5 Å². The number of amides is 2. The van der Waals surface area contributed by atoms with Gasteiger partial charge in [-0.15, -0.1) is 11.3 Å². The van der Waals surface area contributed by atoms with Gasteiger partial charge in [-0.2, -0.15) is 0 Å². The number of aryl methyl sites for hydroxylation is 1. The van der Waals surface area contributed by atoms with E-state index in [1.54, 1.807) is 11.3 Å². The average Bonchev–Trinajstić information content (AvgIpc) is 2.95. The maximum Gasteiger partial charge on any atom is 0.247 e. The van der Waals surface area contributed by atoms with Gasteiger partial charge < -0.3 is 5.32 Å². The molecule has 2 rings (SSSR count). The summed E-state index contributed by atoms with van der Waals surface area (Å²) in [5, 5.41) is 4.19. The van der Waals surface area contributed by atoms with Gasteiger partial charge in [0.2, 0.25) is 11.8 Å². The second kappa shape index (κ2) is 6.45. The lowest BCUT2D eigenvalue weighted by Gasteiger charge is -2.24. The van der Waals surface area contributed by atoms with Gasteiger partial charge in [-0.05, 0) is 19.8 Å². The molecule has 1 aliphatic heterocycles. The molecular weight excluding hydrogens is 274 g/mol. The molecule has 1 atom stereocenters. The molecule has 2 amide bonds. The molecular formula is C14H21N3O2S. The van der Waals surface area contributed by atoms with Crippen molar-refractivity contribution in [3.63, 3.8) is 0 Å². The predicted molar refractivity (Wildman–Crippen MR) is 78.3 cm³/mol. The minimum atomic E-state index is -0.384. The zero-order valence-corrected chi connectivity index (χ0v) is 13.0. The first kappa shape index (κ1) is 15.1. The van der Waals surface area contributed by atoms with Crippen LogP contribution in [-0.2, 0) is 16.1 Å². The fraction of sp³-hybridized carbons (Fsp3) is 0.643. The molecule has 1 unspecified atom stereocenters. The van der Waals surface area contributed by atoms with E-state index in [1.807, 2.05) is 27.0 Å². The summed E-state index contributed by atoms with van der Waals surface area (Å²) in [5.74, 6) is -0.133. The number of carbonyl (C=O) groups is 2. The highest BCUT2D eigenvalue weighted by Gasteiger charge is 2.40. The van der Waals surface area contributed by atoms with Crippen molar-refractivity contribution in [2.75, 3.05) is 0 Å². The van der Waals surface area contributed by atoms with Crippen molar-refractivity contribution in [3.8, 4) is 0 Å². The van der Waals surface area contributed by atoms with Crippen LogP contribution in [0, 0.1) is 6.92 Å². The lowest BCUT2D eigenvalue weighted by Crippen LogP contribution is -2.43. The number of imide groups is 1. The number of likely N-dealkylation sites (tertiary alicyclic amines) is 1. The van der Waals surface area contributed by atoms with E-state index in [0.717, 1.165) is 22.7 Å². The number of nitrogens with zero attached hydrogens (tertiary/aromatic N) is 2. The van der Waals surface area contributed by atoms with Gasteiger partial charge in [-0.1, -0.05) is 13.8 Å². The van der Waals surface area contributed by atoms with Crippen molar-refractivity contribution in [2.45, 2.75) is 58.7 Å². The normalized spacial score (nSPS) is 19.4. The third kappa shape index (κ3) is 3.07. The fourth-order valence-corrected chi connectivity index (χ4v) is 3.30.